The molecule has 2 fully saturated rings. The Bertz CT molecular complexity index is 543. The minimum Gasteiger partial charge on any atom is -0.379 e. The fourth-order valence-electron chi connectivity index (χ4n) is 4.02. The second kappa shape index (κ2) is 9.56. The molecule has 1 aromatic rings. The quantitative estimate of drug-likeness (QED) is 0.890. The molecule has 0 aromatic heterocycles. The van der Waals surface area contributed by atoms with Crippen molar-refractivity contribution in [2.24, 2.45) is 11.8 Å². The maximum Gasteiger partial charge on any atom is 0.225 e. The van der Waals surface area contributed by atoms with Crippen LogP contribution >= 0.6 is 12.4 Å². The molecule has 0 unspecified atom stereocenters. The molecule has 0 aliphatic carbocycles. The fourth-order valence-corrected chi connectivity index (χ4v) is 4.02. The van der Waals surface area contributed by atoms with Crippen molar-refractivity contribution in [2.75, 3.05) is 33.3 Å². The Labute approximate surface area is 157 Å². The van der Waals surface area contributed by atoms with Gasteiger partial charge in [0, 0.05) is 26.1 Å². The van der Waals surface area contributed by atoms with Gasteiger partial charge in [-0.15, -0.1) is 12.4 Å². The van der Waals surface area contributed by atoms with Crippen LogP contribution in [0.15, 0.2) is 24.3 Å². The zero-order valence-electron chi connectivity index (χ0n) is 15.4. The minimum atomic E-state index is 0. The van der Waals surface area contributed by atoms with Crippen LogP contribution in [0.3, 0.4) is 0 Å². The highest BCUT2D eigenvalue weighted by atomic mass is 35.5. The van der Waals surface area contributed by atoms with E-state index < -0.39 is 0 Å². The van der Waals surface area contributed by atoms with Gasteiger partial charge in [-0.05, 0) is 57.2 Å². The van der Waals surface area contributed by atoms with Crippen LogP contribution in [0.4, 0.5) is 0 Å². The Kier molecular flexibility index (Phi) is 7.73. The van der Waals surface area contributed by atoms with E-state index >= 15 is 0 Å². The van der Waals surface area contributed by atoms with E-state index in [1.54, 1.807) is 7.11 Å². The molecule has 0 bridgehead atoms. The van der Waals surface area contributed by atoms with Gasteiger partial charge in [0.05, 0.1) is 6.10 Å². The van der Waals surface area contributed by atoms with Crippen molar-refractivity contribution < 1.29 is 9.53 Å². The Morgan fingerprint density at radius 3 is 2.52 bits per heavy atom. The van der Waals surface area contributed by atoms with Crippen molar-refractivity contribution in [3.63, 3.8) is 0 Å². The number of aryl methyl sites for hydroxylation is 1. The molecule has 2 aliphatic rings. The van der Waals surface area contributed by atoms with Crippen LogP contribution in [0.5, 0.6) is 0 Å². The first kappa shape index (κ1) is 20.2. The second-order valence-corrected chi connectivity index (χ2v) is 7.32. The third-order valence-electron chi connectivity index (χ3n) is 5.62. The van der Waals surface area contributed by atoms with Gasteiger partial charge in [0.25, 0.3) is 0 Å². The number of benzene rings is 1. The number of hydrogen-bond donors (Lipinski definition) is 1. The van der Waals surface area contributed by atoms with Crippen molar-refractivity contribution in [2.45, 2.75) is 38.7 Å². The van der Waals surface area contributed by atoms with Crippen molar-refractivity contribution in [3.05, 3.63) is 35.4 Å². The minimum absolute atomic E-state index is 0. The van der Waals surface area contributed by atoms with Crippen LogP contribution in [0.2, 0.25) is 0 Å². The highest BCUT2D eigenvalue weighted by Gasteiger charge is 2.34. The topological polar surface area (TPSA) is 41.6 Å². The first-order valence-electron chi connectivity index (χ1n) is 9.25. The van der Waals surface area contributed by atoms with Gasteiger partial charge in [-0.1, -0.05) is 29.8 Å². The van der Waals surface area contributed by atoms with Crippen LogP contribution in [0.1, 0.15) is 30.4 Å². The summed E-state index contributed by atoms with van der Waals surface area (Å²) >= 11 is 0. The zero-order chi connectivity index (χ0) is 16.9. The van der Waals surface area contributed by atoms with E-state index in [0.29, 0.717) is 11.8 Å². The monoisotopic (exact) mass is 366 g/mol. The molecule has 2 aliphatic heterocycles. The van der Waals surface area contributed by atoms with E-state index in [1.807, 2.05) is 0 Å². The fraction of sp³-hybridized carbons (Fsp3) is 0.650. The van der Waals surface area contributed by atoms with Gasteiger partial charge in [-0.3, -0.25) is 4.79 Å². The number of nitrogens with zero attached hydrogens (tertiary/aromatic N) is 1. The van der Waals surface area contributed by atoms with Gasteiger partial charge in [-0.2, -0.15) is 0 Å². The molecule has 5 heteroatoms. The smallest absolute Gasteiger partial charge is 0.225 e. The summed E-state index contributed by atoms with van der Waals surface area (Å²) in [4.78, 5) is 14.8. The molecule has 4 nitrogen and oxygen atoms in total. The molecule has 3 rings (SSSR count). The van der Waals surface area contributed by atoms with Gasteiger partial charge in [-0.25, -0.2) is 0 Å². The average molecular weight is 367 g/mol. The molecule has 0 spiro atoms. The Morgan fingerprint density at radius 1 is 1.20 bits per heavy atom. The maximum atomic E-state index is 12.8. The molecule has 2 heterocycles. The third-order valence-corrected chi connectivity index (χ3v) is 5.62. The van der Waals surface area contributed by atoms with Gasteiger partial charge in [0.15, 0.2) is 0 Å². The number of piperidine rings is 2. The van der Waals surface area contributed by atoms with Gasteiger partial charge < -0.3 is 15.0 Å². The molecule has 140 valence electrons. The van der Waals surface area contributed by atoms with Gasteiger partial charge in [0.2, 0.25) is 5.91 Å². The summed E-state index contributed by atoms with van der Waals surface area (Å²) < 4.78 is 5.76. The largest absolute Gasteiger partial charge is 0.379 e. The van der Waals surface area contributed by atoms with Gasteiger partial charge in [0.1, 0.15) is 0 Å². The number of nitrogens with one attached hydrogen (secondary N) is 1. The standard InChI is InChI=1S/C20H30N2O2.ClH/c1-15-3-5-16(6-4-15)13-18-9-12-22(14-19(18)24-2)20(23)17-7-10-21-11-8-17;/h3-6,17-19,21H,7-14H2,1-2H3;1H/t18-,19-;/m1./s1. The summed E-state index contributed by atoms with van der Waals surface area (Å²) in [5, 5.41) is 3.34. The number of carbonyl (C=O) groups excluding carboxylic acids is 1. The lowest BCUT2D eigenvalue weighted by molar-refractivity contribution is -0.141. The number of amides is 1. The average Bonchev–Trinajstić information content (AvgIpc) is 2.64. The van der Waals surface area contributed by atoms with Crippen molar-refractivity contribution in [1.29, 1.82) is 0 Å². The number of halogens is 1. The molecular formula is C20H31ClN2O2. The summed E-state index contributed by atoms with van der Waals surface area (Å²) in [5.41, 5.74) is 2.66. The van der Waals surface area contributed by atoms with Crippen LogP contribution in [-0.2, 0) is 16.0 Å². The van der Waals surface area contributed by atoms with E-state index in [1.165, 1.54) is 11.1 Å². The maximum absolute atomic E-state index is 12.8. The number of carbonyl (C=O) groups is 1. The van der Waals surface area contributed by atoms with Crippen LogP contribution < -0.4 is 5.32 Å². The number of likely N-dealkylation sites (tertiary alicyclic amines) is 1. The highest BCUT2D eigenvalue weighted by Crippen LogP contribution is 2.26. The molecule has 25 heavy (non-hydrogen) atoms. The van der Waals surface area contributed by atoms with Crippen molar-refractivity contribution in [3.8, 4) is 0 Å². The lowest BCUT2D eigenvalue weighted by atomic mass is 9.86. The molecule has 0 radical (unpaired) electrons. The van der Waals surface area contributed by atoms with E-state index in [-0.39, 0.29) is 24.4 Å². The zero-order valence-corrected chi connectivity index (χ0v) is 16.2. The van der Waals surface area contributed by atoms with E-state index in [4.69, 9.17) is 4.74 Å². The number of methoxy groups -OCH3 is 1. The molecule has 2 atom stereocenters. The first-order chi connectivity index (χ1) is 11.7. The van der Waals surface area contributed by atoms with E-state index in [9.17, 15) is 4.79 Å². The van der Waals surface area contributed by atoms with E-state index in [0.717, 1.165) is 51.9 Å². The lowest BCUT2D eigenvalue weighted by Gasteiger charge is -2.40. The second-order valence-electron chi connectivity index (χ2n) is 7.32. The summed E-state index contributed by atoms with van der Waals surface area (Å²) in [6.45, 7) is 5.67. The SMILES string of the molecule is CO[C@@H]1CN(C(=O)C2CCNCC2)CC[C@@H]1Cc1ccc(C)cc1.Cl. The molecule has 0 saturated carbocycles. The van der Waals surface area contributed by atoms with Crippen LogP contribution in [-0.4, -0.2) is 50.2 Å². The Morgan fingerprint density at radius 2 is 1.88 bits per heavy atom. The summed E-state index contributed by atoms with van der Waals surface area (Å²) in [7, 11) is 1.78. The van der Waals surface area contributed by atoms with Gasteiger partial charge >= 0.3 is 0 Å². The molecule has 2 saturated heterocycles. The number of rotatable bonds is 4. The van der Waals surface area contributed by atoms with Crippen LogP contribution in [0.25, 0.3) is 0 Å². The summed E-state index contributed by atoms with van der Waals surface area (Å²) in [5.74, 6) is 1.04. The highest BCUT2D eigenvalue weighted by molar-refractivity contribution is 5.85. The normalized spacial score (nSPS) is 24.6. The van der Waals surface area contributed by atoms with Crippen molar-refractivity contribution in [1.82, 2.24) is 10.2 Å². The van der Waals surface area contributed by atoms with E-state index in [2.05, 4.69) is 41.4 Å². The predicted octanol–water partition coefficient (Wildman–Crippen LogP) is 2.82. The lowest BCUT2D eigenvalue weighted by Crippen LogP contribution is -2.50. The molecule has 1 aromatic carbocycles. The first-order valence-corrected chi connectivity index (χ1v) is 9.25. The predicted molar refractivity (Wildman–Crippen MR) is 103 cm³/mol. The number of hydrogen-bond acceptors (Lipinski definition) is 3. The third kappa shape index (κ3) is 5.19. The summed E-state index contributed by atoms with van der Waals surface area (Å²) in [6, 6.07) is 8.78. The molecular weight excluding hydrogens is 336 g/mol. The summed E-state index contributed by atoms with van der Waals surface area (Å²) in [6.07, 6.45) is 4.15. The Balaban J connectivity index is 0.00000225. The molecule has 1 amide bonds. The van der Waals surface area contributed by atoms with Crippen LogP contribution in [0, 0.1) is 18.8 Å². The molecule has 1 N–H and O–H groups in total. The van der Waals surface area contributed by atoms with Crippen molar-refractivity contribution >= 4 is 18.3 Å². The Hall–Kier alpha value is -1.10. The number of ether oxygens (including phenoxy) is 1.